The number of hydrogen-bond donors (Lipinski definition) is 1. The first-order valence-electron chi connectivity index (χ1n) is 7.54. The van der Waals surface area contributed by atoms with Gasteiger partial charge in [-0.25, -0.2) is 0 Å². The Morgan fingerprint density at radius 3 is 2.68 bits per heavy atom. The number of hydrogen-bond acceptors (Lipinski definition) is 3. The molecule has 0 saturated heterocycles. The molecule has 7 heteroatoms. The summed E-state index contributed by atoms with van der Waals surface area (Å²) in [7, 11) is 0. The molecule has 1 N–H and O–H groups in total. The second-order valence-corrected chi connectivity index (χ2v) is 7.19. The molecule has 0 aliphatic heterocycles. The minimum absolute atomic E-state index is 0.0667. The van der Waals surface area contributed by atoms with Crippen LogP contribution in [0, 0.1) is 0 Å². The number of aromatic nitrogens is 2. The summed E-state index contributed by atoms with van der Waals surface area (Å²) in [6.07, 6.45) is 3.41. The Morgan fingerprint density at radius 2 is 1.92 bits per heavy atom. The minimum atomic E-state index is -0.0667. The molecule has 1 aromatic heterocycles. The molecule has 1 amide bonds. The molecule has 128 valence electrons. The van der Waals surface area contributed by atoms with Crippen molar-refractivity contribution in [2.75, 3.05) is 11.1 Å². The van der Waals surface area contributed by atoms with Crippen molar-refractivity contribution in [2.45, 2.75) is 11.4 Å². The van der Waals surface area contributed by atoms with E-state index in [1.54, 1.807) is 29.2 Å². The van der Waals surface area contributed by atoms with Gasteiger partial charge in [0.1, 0.15) is 0 Å². The molecule has 0 atom stereocenters. The highest BCUT2D eigenvalue weighted by molar-refractivity contribution is 8.00. The number of rotatable bonds is 6. The highest BCUT2D eigenvalue weighted by atomic mass is 35.5. The second kappa shape index (κ2) is 8.43. The third-order valence-electron chi connectivity index (χ3n) is 3.36. The van der Waals surface area contributed by atoms with E-state index in [9.17, 15) is 4.79 Å². The Bertz CT molecular complexity index is 868. The molecule has 0 unspecified atom stereocenters. The van der Waals surface area contributed by atoms with Gasteiger partial charge in [0, 0.05) is 11.1 Å². The van der Waals surface area contributed by atoms with Crippen molar-refractivity contribution in [3.63, 3.8) is 0 Å². The van der Waals surface area contributed by atoms with E-state index in [1.165, 1.54) is 11.8 Å². The number of nitrogens with one attached hydrogen (secondary N) is 1. The van der Waals surface area contributed by atoms with E-state index in [1.807, 2.05) is 36.4 Å². The van der Waals surface area contributed by atoms with E-state index in [2.05, 4.69) is 10.4 Å². The van der Waals surface area contributed by atoms with E-state index < -0.39 is 0 Å². The lowest BCUT2D eigenvalue weighted by atomic mass is 10.2. The number of anilines is 1. The summed E-state index contributed by atoms with van der Waals surface area (Å²) in [6, 6.07) is 15.3. The van der Waals surface area contributed by atoms with Crippen molar-refractivity contribution >= 4 is 46.6 Å². The second-order valence-electron chi connectivity index (χ2n) is 5.32. The molecule has 0 radical (unpaired) electrons. The van der Waals surface area contributed by atoms with Crippen LogP contribution in [-0.2, 0) is 11.3 Å². The van der Waals surface area contributed by atoms with Crippen LogP contribution >= 0.6 is 35.0 Å². The predicted molar refractivity (Wildman–Crippen MR) is 104 cm³/mol. The zero-order chi connectivity index (χ0) is 17.6. The minimum Gasteiger partial charge on any atom is -0.323 e. The normalized spacial score (nSPS) is 10.6. The lowest BCUT2D eigenvalue weighted by molar-refractivity contribution is -0.113. The average molecular weight is 392 g/mol. The molecule has 0 spiro atoms. The molecule has 0 bridgehead atoms. The Morgan fingerprint density at radius 1 is 1.12 bits per heavy atom. The third kappa shape index (κ3) is 5.26. The summed E-state index contributed by atoms with van der Waals surface area (Å²) < 4.78 is 1.74. The van der Waals surface area contributed by atoms with Crippen LogP contribution in [0.3, 0.4) is 0 Å². The van der Waals surface area contributed by atoms with Gasteiger partial charge in [-0.05, 0) is 29.8 Å². The van der Waals surface area contributed by atoms with Crippen LogP contribution in [0.2, 0.25) is 10.0 Å². The number of benzene rings is 2. The molecule has 3 aromatic rings. The Labute approximate surface area is 160 Å². The van der Waals surface area contributed by atoms with Gasteiger partial charge in [-0.1, -0.05) is 47.5 Å². The van der Waals surface area contributed by atoms with E-state index >= 15 is 0 Å². The van der Waals surface area contributed by atoms with Crippen LogP contribution < -0.4 is 5.32 Å². The van der Waals surface area contributed by atoms with E-state index in [-0.39, 0.29) is 5.91 Å². The highest BCUT2D eigenvalue weighted by Crippen LogP contribution is 2.23. The fourth-order valence-electron chi connectivity index (χ4n) is 2.20. The van der Waals surface area contributed by atoms with Gasteiger partial charge in [-0.3, -0.25) is 9.48 Å². The summed E-state index contributed by atoms with van der Waals surface area (Å²) in [5, 5.41) is 8.14. The van der Waals surface area contributed by atoms with Crippen LogP contribution in [-0.4, -0.2) is 21.4 Å². The lowest BCUT2D eigenvalue weighted by Crippen LogP contribution is -2.13. The van der Waals surface area contributed by atoms with Gasteiger partial charge in [0.25, 0.3) is 0 Å². The monoisotopic (exact) mass is 391 g/mol. The van der Waals surface area contributed by atoms with Crippen LogP contribution in [0.4, 0.5) is 5.69 Å². The van der Waals surface area contributed by atoms with Crippen LogP contribution in [0.25, 0.3) is 0 Å². The maximum atomic E-state index is 12.0. The molecule has 0 saturated carbocycles. The zero-order valence-corrected chi connectivity index (χ0v) is 15.5. The maximum Gasteiger partial charge on any atom is 0.234 e. The molecule has 0 aliphatic carbocycles. The van der Waals surface area contributed by atoms with E-state index in [0.29, 0.717) is 28.0 Å². The molecule has 25 heavy (non-hydrogen) atoms. The largest absolute Gasteiger partial charge is 0.323 e. The fraction of sp³-hybridized carbons (Fsp3) is 0.111. The Balaban J connectivity index is 1.54. The summed E-state index contributed by atoms with van der Waals surface area (Å²) in [5.74, 6) is 0.282. The van der Waals surface area contributed by atoms with Crippen molar-refractivity contribution in [2.24, 2.45) is 0 Å². The summed E-state index contributed by atoms with van der Waals surface area (Å²) in [6.45, 7) is 0.547. The van der Waals surface area contributed by atoms with E-state index in [4.69, 9.17) is 23.2 Å². The number of halogens is 2. The topological polar surface area (TPSA) is 46.9 Å². The van der Waals surface area contributed by atoms with Crippen molar-refractivity contribution in [1.82, 2.24) is 9.78 Å². The molecule has 0 fully saturated rings. The predicted octanol–water partition coefficient (Wildman–Crippen LogP) is 4.97. The van der Waals surface area contributed by atoms with Crippen molar-refractivity contribution in [3.8, 4) is 0 Å². The van der Waals surface area contributed by atoms with Crippen LogP contribution in [0.15, 0.2) is 65.8 Å². The third-order valence-corrected chi connectivity index (χ3v) is 5.11. The Kier molecular flexibility index (Phi) is 6.02. The number of thioether (sulfide) groups is 1. The van der Waals surface area contributed by atoms with Gasteiger partial charge < -0.3 is 5.32 Å². The quantitative estimate of drug-likeness (QED) is 0.603. The molecular weight excluding hydrogens is 377 g/mol. The molecule has 1 heterocycles. The molecule has 0 aliphatic rings. The van der Waals surface area contributed by atoms with Gasteiger partial charge in [-0.15, -0.1) is 11.8 Å². The number of carbonyl (C=O) groups is 1. The maximum absolute atomic E-state index is 12.0. The van der Waals surface area contributed by atoms with Gasteiger partial charge >= 0.3 is 0 Å². The van der Waals surface area contributed by atoms with Gasteiger partial charge in [0.05, 0.1) is 34.2 Å². The van der Waals surface area contributed by atoms with Crippen molar-refractivity contribution < 1.29 is 4.79 Å². The summed E-state index contributed by atoms with van der Waals surface area (Å²) in [4.78, 5) is 13.1. The summed E-state index contributed by atoms with van der Waals surface area (Å²) in [5.41, 5.74) is 1.65. The molecule has 2 aromatic carbocycles. The highest BCUT2D eigenvalue weighted by Gasteiger charge is 2.07. The Hall–Kier alpha value is -1.95. The summed E-state index contributed by atoms with van der Waals surface area (Å²) >= 11 is 13.4. The van der Waals surface area contributed by atoms with E-state index in [0.717, 1.165) is 10.5 Å². The van der Waals surface area contributed by atoms with Gasteiger partial charge in [0.15, 0.2) is 0 Å². The lowest BCUT2D eigenvalue weighted by Gasteiger charge is -2.04. The molecular formula is C18H15Cl2N3OS. The zero-order valence-electron chi connectivity index (χ0n) is 13.2. The fourth-order valence-corrected chi connectivity index (χ4v) is 3.24. The first-order chi connectivity index (χ1) is 12.1. The molecule has 4 nitrogen and oxygen atoms in total. The SMILES string of the molecule is O=C(CSc1ccccc1)Nc1cnn(Cc2ccc(Cl)c(Cl)c2)c1. The first kappa shape index (κ1) is 17.9. The molecule has 3 rings (SSSR count). The van der Waals surface area contributed by atoms with Crippen molar-refractivity contribution in [3.05, 3.63) is 76.5 Å². The number of carbonyl (C=O) groups excluding carboxylic acids is 1. The smallest absolute Gasteiger partial charge is 0.234 e. The van der Waals surface area contributed by atoms with Crippen LogP contribution in [0.5, 0.6) is 0 Å². The number of amides is 1. The standard InChI is InChI=1S/C18H15Cl2N3OS/c19-16-7-6-13(8-17(16)20)10-23-11-14(9-21-23)22-18(24)12-25-15-4-2-1-3-5-15/h1-9,11H,10,12H2,(H,22,24). The average Bonchev–Trinajstić information content (AvgIpc) is 3.04. The van der Waals surface area contributed by atoms with Gasteiger partial charge in [0.2, 0.25) is 5.91 Å². The van der Waals surface area contributed by atoms with Crippen LogP contribution in [0.1, 0.15) is 5.56 Å². The van der Waals surface area contributed by atoms with Crippen molar-refractivity contribution in [1.29, 1.82) is 0 Å². The number of nitrogens with zero attached hydrogens (tertiary/aromatic N) is 2. The first-order valence-corrected chi connectivity index (χ1v) is 9.28. The van der Waals surface area contributed by atoms with Gasteiger partial charge in [-0.2, -0.15) is 5.10 Å².